The van der Waals surface area contributed by atoms with Crippen LogP contribution >= 0.6 is 0 Å². The third-order valence-electron chi connectivity index (χ3n) is 4.08. The predicted octanol–water partition coefficient (Wildman–Crippen LogP) is 3.21. The van der Waals surface area contributed by atoms with E-state index in [1.807, 2.05) is 0 Å². The Bertz CT molecular complexity index is 528. The summed E-state index contributed by atoms with van der Waals surface area (Å²) in [6.07, 6.45) is 4.53. The molecule has 2 atom stereocenters. The molecule has 1 aliphatic rings. The number of aryl methyl sites for hydroxylation is 1. The van der Waals surface area contributed by atoms with Crippen molar-refractivity contribution < 1.29 is 9.72 Å². The van der Waals surface area contributed by atoms with Gasteiger partial charge in [-0.2, -0.15) is 0 Å². The lowest BCUT2D eigenvalue weighted by Crippen LogP contribution is -2.41. The molecule has 0 radical (unpaired) electrons. The zero-order valence-electron chi connectivity index (χ0n) is 11.9. The number of nitro groups is 1. The summed E-state index contributed by atoms with van der Waals surface area (Å²) < 4.78 is 0. The average Bonchev–Trinajstić information content (AvgIpc) is 2.40. The van der Waals surface area contributed by atoms with E-state index in [1.54, 1.807) is 13.0 Å². The maximum absolute atomic E-state index is 12.2. The Hall–Kier alpha value is -1.91. The molecule has 0 aromatic heterocycles. The SMILES string of the molecule is Cc1cc(C(=O)N[C@@H]2CCCC[C@@H]2C)ccc1[N+](=O)[O-]. The molecule has 5 nitrogen and oxygen atoms in total. The van der Waals surface area contributed by atoms with Crippen LogP contribution < -0.4 is 5.32 Å². The van der Waals surface area contributed by atoms with Gasteiger partial charge in [0.2, 0.25) is 0 Å². The van der Waals surface area contributed by atoms with E-state index in [0.717, 1.165) is 19.3 Å². The highest BCUT2D eigenvalue weighted by Crippen LogP contribution is 2.24. The third kappa shape index (κ3) is 3.15. The number of carbonyl (C=O) groups excluding carboxylic acids is 1. The second kappa shape index (κ2) is 6.03. The Kier molecular flexibility index (Phi) is 4.37. The maximum atomic E-state index is 12.2. The van der Waals surface area contributed by atoms with Crippen LogP contribution in [-0.2, 0) is 0 Å². The number of hydrogen-bond acceptors (Lipinski definition) is 3. The highest BCUT2D eigenvalue weighted by molar-refractivity contribution is 5.94. The molecular formula is C15H20N2O3. The number of amides is 1. The van der Waals surface area contributed by atoms with Crippen molar-refractivity contribution >= 4 is 11.6 Å². The van der Waals surface area contributed by atoms with E-state index in [9.17, 15) is 14.9 Å². The molecule has 1 aromatic rings. The van der Waals surface area contributed by atoms with Gasteiger partial charge in [-0.15, -0.1) is 0 Å². The largest absolute Gasteiger partial charge is 0.349 e. The van der Waals surface area contributed by atoms with Gasteiger partial charge in [0, 0.05) is 23.2 Å². The van der Waals surface area contributed by atoms with Gasteiger partial charge in [-0.05, 0) is 37.8 Å². The maximum Gasteiger partial charge on any atom is 0.272 e. The van der Waals surface area contributed by atoms with Crippen LogP contribution in [0.3, 0.4) is 0 Å². The van der Waals surface area contributed by atoms with Crippen molar-refractivity contribution in [1.29, 1.82) is 0 Å². The molecule has 1 aromatic carbocycles. The Balaban J connectivity index is 2.09. The summed E-state index contributed by atoms with van der Waals surface area (Å²) >= 11 is 0. The lowest BCUT2D eigenvalue weighted by molar-refractivity contribution is -0.385. The Morgan fingerprint density at radius 2 is 2.05 bits per heavy atom. The number of rotatable bonds is 3. The molecule has 0 unspecified atom stereocenters. The van der Waals surface area contributed by atoms with E-state index in [4.69, 9.17) is 0 Å². The van der Waals surface area contributed by atoms with E-state index >= 15 is 0 Å². The number of carbonyl (C=O) groups is 1. The molecule has 0 heterocycles. The number of nitrogens with zero attached hydrogens (tertiary/aromatic N) is 1. The van der Waals surface area contributed by atoms with Gasteiger partial charge in [-0.1, -0.05) is 19.8 Å². The van der Waals surface area contributed by atoms with Crippen molar-refractivity contribution in [3.05, 3.63) is 39.4 Å². The molecule has 108 valence electrons. The molecule has 1 amide bonds. The number of benzene rings is 1. The summed E-state index contributed by atoms with van der Waals surface area (Å²) in [5.74, 6) is 0.355. The fourth-order valence-corrected chi connectivity index (χ4v) is 2.78. The topological polar surface area (TPSA) is 72.2 Å². The van der Waals surface area contributed by atoms with Crippen LogP contribution in [0.1, 0.15) is 48.5 Å². The molecule has 20 heavy (non-hydrogen) atoms. The summed E-state index contributed by atoms with van der Waals surface area (Å²) in [4.78, 5) is 22.5. The van der Waals surface area contributed by atoms with Gasteiger partial charge in [-0.25, -0.2) is 0 Å². The molecule has 1 aliphatic carbocycles. The van der Waals surface area contributed by atoms with Crippen LogP contribution in [0.5, 0.6) is 0 Å². The quantitative estimate of drug-likeness (QED) is 0.680. The fourth-order valence-electron chi connectivity index (χ4n) is 2.78. The van der Waals surface area contributed by atoms with Crippen molar-refractivity contribution in [2.24, 2.45) is 5.92 Å². The summed E-state index contributed by atoms with van der Waals surface area (Å²) in [6, 6.07) is 4.72. The molecule has 0 spiro atoms. The average molecular weight is 276 g/mol. The van der Waals surface area contributed by atoms with Gasteiger partial charge >= 0.3 is 0 Å². The molecule has 1 saturated carbocycles. The first-order valence-corrected chi connectivity index (χ1v) is 7.05. The van der Waals surface area contributed by atoms with Crippen LogP contribution in [-0.4, -0.2) is 16.9 Å². The summed E-state index contributed by atoms with van der Waals surface area (Å²) in [6.45, 7) is 3.81. The van der Waals surface area contributed by atoms with Gasteiger partial charge in [0.05, 0.1) is 4.92 Å². The second-order valence-corrected chi connectivity index (χ2v) is 5.60. The van der Waals surface area contributed by atoms with Crippen molar-refractivity contribution in [3.63, 3.8) is 0 Å². The van der Waals surface area contributed by atoms with Crippen LogP contribution in [0.2, 0.25) is 0 Å². The smallest absolute Gasteiger partial charge is 0.272 e. The molecular weight excluding hydrogens is 256 g/mol. The van der Waals surface area contributed by atoms with E-state index in [0.29, 0.717) is 17.0 Å². The standard InChI is InChI=1S/C15H20N2O3/c1-10-5-3-4-6-13(10)16-15(18)12-7-8-14(17(19)20)11(2)9-12/h7-10,13H,3-6H2,1-2H3,(H,16,18)/t10-,13+/m0/s1. The Labute approximate surface area is 118 Å². The predicted molar refractivity (Wildman–Crippen MR) is 76.7 cm³/mol. The highest BCUT2D eigenvalue weighted by Gasteiger charge is 2.23. The minimum absolute atomic E-state index is 0.0487. The van der Waals surface area contributed by atoms with Crippen molar-refractivity contribution in [3.8, 4) is 0 Å². The Morgan fingerprint density at radius 1 is 1.35 bits per heavy atom. The molecule has 1 fully saturated rings. The van der Waals surface area contributed by atoms with Crippen molar-refractivity contribution in [2.45, 2.75) is 45.6 Å². The molecule has 2 rings (SSSR count). The summed E-state index contributed by atoms with van der Waals surface area (Å²) in [5, 5.41) is 13.8. The van der Waals surface area contributed by atoms with Crippen LogP contribution in [0.15, 0.2) is 18.2 Å². The first kappa shape index (κ1) is 14.5. The molecule has 1 N–H and O–H groups in total. The van der Waals surface area contributed by atoms with Crippen LogP contribution in [0.4, 0.5) is 5.69 Å². The van der Waals surface area contributed by atoms with Crippen LogP contribution in [0.25, 0.3) is 0 Å². The molecule has 5 heteroatoms. The van der Waals surface area contributed by atoms with Gasteiger partial charge < -0.3 is 5.32 Å². The van der Waals surface area contributed by atoms with Gasteiger partial charge in [0.1, 0.15) is 0 Å². The summed E-state index contributed by atoms with van der Waals surface area (Å²) in [7, 11) is 0. The van der Waals surface area contributed by atoms with Gasteiger partial charge in [0.25, 0.3) is 11.6 Å². The normalized spacial score (nSPS) is 22.3. The van der Waals surface area contributed by atoms with Crippen molar-refractivity contribution in [1.82, 2.24) is 5.32 Å². The van der Waals surface area contributed by atoms with Crippen LogP contribution in [0, 0.1) is 23.0 Å². The summed E-state index contributed by atoms with van der Waals surface area (Å²) in [5.41, 5.74) is 1.05. The number of nitrogens with one attached hydrogen (secondary N) is 1. The zero-order chi connectivity index (χ0) is 14.7. The minimum atomic E-state index is -0.430. The molecule has 0 saturated heterocycles. The number of hydrogen-bond donors (Lipinski definition) is 1. The van der Waals surface area contributed by atoms with E-state index in [-0.39, 0.29) is 17.6 Å². The van der Waals surface area contributed by atoms with E-state index in [2.05, 4.69) is 12.2 Å². The van der Waals surface area contributed by atoms with Gasteiger partial charge in [0.15, 0.2) is 0 Å². The number of nitro benzene ring substituents is 1. The first-order chi connectivity index (χ1) is 9.49. The Morgan fingerprint density at radius 3 is 2.65 bits per heavy atom. The zero-order valence-corrected chi connectivity index (χ0v) is 11.9. The highest BCUT2D eigenvalue weighted by atomic mass is 16.6. The molecule has 0 bridgehead atoms. The lowest BCUT2D eigenvalue weighted by atomic mass is 9.86. The fraction of sp³-hybridized carbons (Fsp3) is 0.533. The van der Waals surface area contributed by atoms with Crippen molar-refractivity contribution in [2.75, 3.05) is 0 Å². The second-order valence-electron chi connectivity index (χ2n) is 5.60. The monoisotopic (exact) mass is 276 g/mol. The first-order valence-electron chi connectivity index (χ1n) is 7.05. The lowest BCUT2D eigenvalue weighted by Gasteiger charge is -2.29. The third-order valence-corrected chi connectivity index (χ3v) is 4.08. The molecule has 0 aliphatic heterocycles. The van der Waals surface area contributed by atoms with Gasteiger partial charge in [-0.3, -0.25) is 14.9 Å². The minimum Gasteiger partial charge on any atom is -0.349 e. The van der Waals surface area contributed by atoms with E-state index < -0.39 is 4.92 Å². The van der Waals surface area contributed by atoms with E-state index in [1.165, 1.54) is 18.6 Å².